The van der Waals surface area contributed by atoms with Crippen molar-refractivity contribution in [2.75, 3.05) is 18.8 Å². The van der Waals surface area contributed by atoms with Crippen molar-refractivity contribution in [1.82, 2.24) is 24.2 Å². The van der Waals surface area contributed by atoms with Crippen molar-refractivity contribution in [3.63, 3.8) is 0 Å². The second-order valence-electron chi connectivity index (χ2n) is 6.35. The molecule has 0 spiro atoms. The van der Waals surface area contributed by atoms with E-state index < -0.39 is 10.0 Å². The molecule has 0 N–H and O–H groups in total. The van der Waals surface area contributed by atoms with Gasteiger partial charge in [0.05, 0.1) is 11.4 Å². The van der Waals surface area contributed by atoms with Crippen LogP contribution in [0.1, 0.15) is 37.4 Å². The quantitative estimate of drug-likeness (QED) is 0.547. The van der Waals surface area contributed by atoms with Gasteiger partial charge in [-0.3, -0.25) is 0 Å². The number of hydrogen-bond acceptors (Lipinski definition) is 6. The lowest BCUT2D eigenvalue weighted by molar-refractivity contribution is 0.313. The standard InChI is InChI=1S/C18H23N5O2S/c1-2-3-4-11-26(24,25)23-9-6-15(7-10-23)18-21-8-5-17(22-18)16-12-19-14-20-13-16/h2,5,8,12-15H,1,3-4,6-7,9-11H2. The van der Waals surface area contributed by atoms with Gasteiger partial charge in [-0.05, 0) is 31.7 Å². The van der Waals surface area contributed by atoms with Gasteiger partial charge in [-0.1, -0.05) is 6.08 Å². The predicted octanol–water partition coefficient (Wildman–Crippen LogP) is 2.41. The first-order valence-electron chi connectivity index (χ1n) is 8.77. The van der Waals surface area contributed by atoms with Crippen LogP contribution in [0.15, 0.2) is 43.6 Å². The SMILES string of the molecule is C=CCCCS(=O)(=O)N1CCC(c2nccc(-c3cncnc3)n2)CC1. The van der Waals surface area contributed by atoms with E-state index in [2.05, 4.69) is 26.5 Å². The smallest absolute Gasteiger partial charge is 0.214 e. The van der Waals surface area contributed by atoms with Crippen molar-refractivity contribution in [3.8, 4) is 11.3 Å². The lowest BCUT2D eigenvalue weighted by Crippen LogP contribution is -2.39. The van der Waals surface area contributed by atoms with Gasteiger partial charge in [0, 0.05) is 43.2 Å². The van der Waals surface area contributed by atoms with Gasteiger partial charge < -0.3 is 0 Å². The molecule has 1 fully saturated rings. The fourth-order valence-corrected chi connectivity index (χ4v) is 4.65. The maximum atomic E-state index is 12.4. The Labute approximate surface area is 154 Å². The zero-order valence-electron chi connectivity index (χ0n) is 14.7. The van der Waals surface area contributed by atoms with Gasteiger partial charge in [-0.25, -0.2) is 32.7 Å². The van der Waals surface area contributed by atoms with Crippen LogP contribution >= 0.6 is 0 Å². The Hall–Kier alpha value is -2.19. The zero-order valence-corrected chi connectivity index (χ0v) is 15.5. The Morgan fingerprint density at radius 3 is 2.65 bits per heavy atom. The molecule has 0 radical (unpaired) electrons. The van der Waals surface area contributed by atoms with Crippen molar-refractivity contribution in [1.29, 1.82) is 0 Å². The van der Waals surface area contributed by atoms with Gasteiger partial charge in [-0.2, -0.15) is 0 Å². The number of hydrogen-bond donors (Lipinski definition) is 0. The van der Waals surface area contributed by atoms with Crippen molar-refractivity contribution in [2.45, 2.75) is 31.6 Å². The monoisotopic (exact) mass is 373 g/mol. The van der Waals surface area contributed by atoms with E-state index in [9.17, 15) is 8.42 Å². The molecule has 0 bridgehead atoms. The minimum atomic E-state index is -3.18. The van der Waals surface area contributed by atoms with E-state index in [1.807, 2.05) is 6.07 Å². The van der Waals surface area contributed by atoms with Gasteiger partial charge in [0.2, 0.25) is 10.0 Å². The molecule has 3 rings (SSSR count). The van der Waals surface area contributed by atoms with E-state index in [4.69, 9.17) is 0 Å². The fraction of sp³-hybridized carbons (Fsp3) is 0.444. The third kappa shape index (κ3) is 4.50. The van der Waals surface area contributed by atoms with Gasteiger partial charge in [-0.15, -0.1) is 6.58 Å². The maximum absolute atomic E-state index is 12.4. The van der Waals surface area contributed by atoms with Gasteiger partial charge in [0.25, 0.3) is 0 Å². The number of nitrogens with zero attached hydrogens (tertiary/aromatic N) is 5. The molecule has 1 saturated heterocycles. The highest BCUT2D eigenvalue weighted by atomic mass is 32.2. The summed E-state index contributed by atoms with van der Waals surface area (Å²) in [4.78, 5) is 17.1. The summed E-state index contributed by atoms with van der Waals surface area (Å²) in [7, 11) is -3.18. The minimum Gasteiger partial charge on any atom is -0.244 e. The lowest BCUT2D eigenvalue weighted by atomic mass is 9.97. The molecule has 138 valence electrons. The molecule has 3 heterocycles. The zero-order chi connectivity index (χ0) is 18.4. The molecule has 0 saturated carbocycles. The number of piperidine rings is 1. The average Bonchev–Trinajstić information content (AvgIpc) is 2.69. The first-order chi connectivity index (χ1) is 12.6. The van der Waals surface area contributed by atoms with E-state index >= 15 is 0 Å². The summed E-state index contributed by atoms with van der Waals surface area (Å²) in [6, 6.07) is 1.83. The Kier molecular flexibility index (Phi) is 6.05. The van der Waals surface area contributed by atoms with Crippen LogP contribution in [0.25, 0.3) is 11.3 Å². The highest BCUT2D eigenvalue weighted by Gasteiger charge is 2.29. The lowest BCUT2D eigenvalue weighted by Gasteiger charge is -2.30. The summed E-state index contributed by atoms with van der Waals surface area (Å²) in [6.07, 6.45) is 11.2. The van der Waals surface area contributed by atoms with Crippen molar-refractivity contribution in [3.05, 3.63) is 49.5 Å². The molecule has 1 aliphatic heterocycles. The molecule has 1 aliphatic rings. The molecule has 0 aliphatic carbocycles. The molecule has 0 amide bonds. The second kappa shape index (κ2) is 8.46. The van der Waals surface area contributed by atoms with Crippen LogP contribution in [-0.4, -0.2) is 51.5 Å². The van der Waals surface area contributed by atoms with Crippen LogP contribution in [0.3, 0.4) is 0 Å². The molecule has 0 unspecified atom stereocenters. The molecule has 0 aromatic carbocycles. The Balaban J connectivity index is 1.64. The summed E-state index contributed by atoms with van der Waals surface area (Å²) in [5, 5.41) is 0. The second-order valence-corrected chi connectivity index (χ2v) is 8.44. The summed E-state index contributed by atoms with van der Waals surface area (Å²) in [6.45, 7) is 4.67. The summed E-state index contributed by atoms with van der Waals surface area (Å²) >= 11 is 0. The number of allylic oxidation sites excluding steroid dienone is 1. The Morgan fingerprint density at radius 1 is 1.23 bits per heavy atom. The topological polar surface area (TPSA) is 88.9 Å². The normalized spacial score (nSPS) is 16.5. The first-order valence-corrected chi connectivity index (χ1v) is 10.4. The van der Waals surface area contributed by atoms with Crippen LogP contribution in [-0.2, 0) is 10.0 Å². The molecule has 0 atom stereocenters. The Morgan fingerprint density at radius 2 is 1.96 bits per heavy atom. The third-order valence-corrected chi connectivity index (χ3v) is 6.51. The highest BCUT2D eigenvalue weighted by molar-refractivity contribution is 7.89. The Bertz CT molecular complexity index is 834. The van der Waals surface area contributed by atoms with E-state index in [0.29, 0.717) is 19.5 Å². The van der Waals surface area contributed by atoms with Gasteiger partial charge in [0.1, 0.15) is 12.2 Å². The minimum absolute atomic E-state index is 0.166. The van der Waals surface area contributed by atoms with E-state index in [-0.39, 0.29) is 11.7 Å². The molecule has 2 aromatic rings. The van der Waals surface area contributed by atoms with Crippen LogP contribution in [0.5, 0.6) is 0 Å². The van der Waals surface area contributed by atoms with Gasteiger partial charge in [0.15, 0.2) is 0 Å². The van der Waals surface area contributed by atoms with Crippen LogP contribution in [0, 0.1) is 0 Å². The molecule has 26 heavy (non-hydrogen) atoms. The number of aromatic nitrogens is 4. The molecular weight excluding hydrogens is 350 g/mol. The highest BCUT2D eigenvalue weighted by Crippen LogP contribution is 2.28. The van der Waals surface area contributed by atoms with E-state index in [0.717, 1.165) is 36.3 Å². The third-order valence-electron chi connectivity index (χ3n) is 4.55. The molecule has 8 heteroatoms. The van der Waals surface area contributed by atoms with E-state index in [1.165, 1.54) is 6.33 Å². The summed E-state index contributed by atoms with van der Waals surface area (Å²) in [5.41, 5.74) is 1.63. The molecular formula is C18H23N5O2S. The fourth-order valence-electron chi connectivity index (χ4n) is 3.09. The predicted molar refractivity (Wildman–Crippen MR) is 99.8 cm³/mol. The number of rotatable bonds is 7. The van der Waals surface area contributed by atoms with Crippen LogP contribution < -0.4 is 0 Å². The van der Waals surface area contributed by atoms with E-state index in [1.54, 1.807) is 29.0 Å². The summed E-state index contributed by atoms with van der Waals surface area (Å²) < 4.78 is 26.4. The average molecular weight is 373 g/mol. The van der Waals surface area contributed by atoms with Crippen LogP contribution in [0.2, 0.25) is 0 Å². The number of sulfonamides is 1. The molecule has 2 aromatic heterocycles. The number of unbranched alkanes of at least 4 members (excludes halogenated alkanes) is 1. The van der Waals surface area contributed by atoms with Crippen molar-refractivity contribution in [2.24, 2.45) is 0 Å². The summed E-state index contributed by atoms with van der Waals surface area (Å²) in [5.74, 6) is 1.11. The van der Waals surface area contributed by atoms with Crippen molar-refractivity contribution >= 4 is 10.0 Å². The molecule has 7 nitrogen and oxygen atoms in total. The van der Waals surface area contributed by atoms with Crippen molar-refractivity contribution < 1.29 is 8.42 Å². The maximum Gasteiger partial charge on any atom is 0.214 e. The van der Waals surface area contributed by atoms with Crippen LogP contribution in [0.4, 0.5) is 0 Å². The largest absolute Gasteiger partial charge is 0.244 e. The van der Waals surface area contributed by atoms with Gasteiger partial charge >= 0.3 is 0 Å². The first kappa shape index (κ1) is 18.6.